The first-order valence-corrected chi connectivity index (χ1v) is 10.0. The second-order valence-corrected chi connectivity index (χ2v) is 6.73. The number of ether oxygens (including phenoxy) is 3. The van der Waals surface area contributed by atoms with Crippen LogP contribution in [0.3, 0.4) is 0 Å². The van der Waals surface area contributed by atoms with Gasteiger partial charge in [0, 0.05) is 38.4 Å². The monoisotopic (exact) mass is 544 g/mol. The summed E-state index contributed by atoms with van der Waals surface area (Å²) in [5, 5.41) is 6.41. The number of morpholine rings is 1. The molecule has 0 aromatic heterocycles. The molecule has 1 aliphatic rings. The van der Waals surface area contributed by atoms with Crippen LogP contribution in [0.2, 0.25) is 0 Å². The molecule has 0 atom stereocenters. The van der Waals surface area contributed by atoms with E-state index in [1.165, 1.54) is 0 Å². The molecular weight excluding hydrogens is 514 g/mol. The third kappa shape index (κ3) is 6.86. The van der Waals surface area contributed by atoms with Crippen molar-refractivity contribution in [2.75, 3.05) is 57.3 Å². The van der Waals surface area contributed by atoms with E-state index < -0.39 is 0 Å². The van der Waals surface area contributed by atoms with Gasteiger partial charge in [0.15, 0.2) is 17.5 Å². The molecule has 1 heterocycles. The number of hydrogen-bond acceptors (Lipinski definition) is 5. The summed E-state index contributed by atoms with van der Waals surface area (Å²) < 4.78 is 30.8. The molecular formula is C22H30FIN4O3. The van der Waals surface area contributed by atoms with Gasteiger partial charge in [-0.05, 0) is 36.8 Å². The second-order valence-electron chi connectivity index (χ2n) is 6.73. The average molecular weight is 544 g/mol. The quantitative estimate of drug-likeness (QED) is 0.314. The van der Waals surface area contributed by atoms with Crippen molar-refractivity contribution in [3.63, 3.8) is 0 Å². The summed E-state index contributed by atoms with van der Waals surface area (Å²) >= 11 is 0. The number of halogens is 2. The van der Waals surface area contributed by atoms with Crippen molar-refractivity contribution in [1.82, 2.24) is 5.32 Å². The predicted octanol–water partition coefficient (Wildman–Crippen LogP) is 3.88. The molecule has 0 amide bonds. The van der Waals surface area contributed by atoms with E-state index in [1.54, 1.807) is 20.2 Å². The van der Waals surface area contributed by atoms with Gasteiger partial charge >= 0.3 is 0 Å². The smallest absolute Gasteiger partial charge is 0.195 e. The Hall–Kier alpha value is -2.27. The Morgan fingerprint density at radius 1 is 1.16 bits per heavy atom. The molecule has 1 saturated heterocycles. The predicted molar refractivity (Wildman–Crippen MR) is 133 cm³/mol. The standard InChI is InChI=1S/C22H29FN4O3.HI/c1-4-30-20-8-6-17(14-21(20)28-3)26-22(24-2)25-15-16-5-7-19(18(23)13-16)27-9-11-29-12-10-27;/h5-8,13-14H,4,9-12,15H2,1-3H3,(H2,24,25,26);1H. The van der Waals surface area contributed by atoms with Crippen molar-refractivity contribution in [2.45, 2.75) is 13.5 Å². The number of nitrogens with zero attached hydrogens (tertiary/aromatic N) is 2. The van der Waals surface area contributed by atoms with Crippen LogP contribution < -0.4 is 25.0 Å². The van der Waals surface area contributed by atoms with Crippen LogP contribution >= 0.6 is 24.0 Å². The summed E-state index contributed by atoms with van der Waals surface area (Å²) in [6.45, 7) is 5.59. The molecule has 0 saturated carbocycles. The van der Waals surface area contributed by atoms with Gasteiger partial charge in [0.05, 0.1) is 32.6 Å². The van der Waals surface area contributed by atoms with Gasteiger partial charge in [0.1, 0.15) is 5.82 Å². The minimum absolute atomic E-state index is 0. The van der Waals surface area contributed by atoms with E-state index in [2.05, 4.69) is 15.6 Å². The van der Waals surface area contributed by atoms with Crippen LogP contribution in [0.25, 0.3) is 0 Å². The minimum atomic E-state index is -0.226. The Bertz CT molecular complexity index is 876. The molecule has 0 bridgehead atoms. The number of benzene rings is 2. The third-order valence-corrected chi connectivity index (χ3v) is 4.77. The van der Waals surface area contributed by atoms with Crippen LogP contribution in [0.4, 0.5) is 15.8 Å². The lowest BCUT2D eigenvalue weighted by molar-refractivity contribution is 0.122. The van der Waals surface area contributed by atoms with Gasteiger partial charge in [0.25, 0.3) is 0 Å². The molecule has 1 fully saturated rings. The van der Waals surface area contributed by atoms with Gasteiger partial charge < -0.3 is 29.7 Å². The molecule has 31 heavy (non-hydrogen) atoms. The fourth-order valence-corrected chi connectivity index (χ4v) is 3.24. The number of anilines is 2. The first-order chi connectivity index (χ1) is 14.6. The number of rotatable bonds is 7. The number of methoxy groups -OCH3 is 1. The van der Waals surface area contributed by atoms with Gasteiger partial charge in [-0.2, -0.15) is 0 Å². The highest BCUT2D eigenvalue weighted by atomic mass is 127. The summed E-state index contributed by atoms with van der Waals surface area (Å²) in [7, 11) is 3.28. The Morgan fingerprint density at radius 2 is 1.94 bits per heavy atom. The molecule has 9 heteroatoms. The number of aliphatic imine (C=N–C) groups is 1. The highest BCUT2D eigenvalue weighted by molar-refractivity contribution is 14.0. The minimum Gasteiger partial charge on any atom is -0.493 e. The van der Waals surface area contributed by atoms with E-state index in [0.717, 1.165) is 11.3 Å². The zero-order chi connectivity index (χ0) is 21.3. The van der Waals surface area contributed by atoms with Gasteiger partial charge in [-0.25, -0.2) is 4.39 Å². The summed E-state index contributed by atoms with van der Waals surface area (Å²) in [6, 6.07) is 10.9. The lowest BCUT2D eigenvalue weighted by Gasteiger charge is -2.29. The zero-order valence-electron chi connectivity index (χ0n) is 18.1. The van der Waals surface area contributed by atoms with E-state index in [4.69, 9.17) is 14.2 Å². The van der Waals surface area contributed by atoms with E-state index in [0.29, 0.717) is 62.6 Å². The molecule has 0 radical (unpaired) electrons. The maximum absolute atomic E-state index is 14.6. The number of guanidine groups is 1. The molecule has 0 unspecified atom stereocenters. The fourth-order valence-electron chi connectivity index (χ4n) is 3.24. The second kappa shape index (κ2) is 12.6. The van der Waals surface area contributed by atoms with E-state index >= 15 is 0 Å². The molecule has 170 valence electrons. The first-order valence-electron chi connectivity index (χ1n) is 10.0. The van der Waals surface area contributed by atoms with E-state index in [-0.39, 0.29) is 29.8 Å². The SMILES string of the molecule is CCOc1ccc(NC(=NC)NCc2ccc(N3CCOCC3)c(F)c2)cc1OC.I. The zero-order valence-corrected chi connectivity index (χ0v) is 20.4. The van der Waals surface area contributed by atoms with Gasteiger partial charge in [-0.1, -0.05) is 6.07 Å². The van der Waals surface area contributed by atoms with Crippen molar-refractivity contribution in [3.8, 4) is 11.5 Å². The largest absolute Gasteiger partial charge is 0.493 e. The number of hydrogen-bond donors (Lipinski definition) is 2. The van der Waals surface area contributed by atoms with Crippen LogP contribution in [-0.2, 0) is 11.3 Å². The summed E-state index contributed by atoms with van der Waals surface area (Å²) in [4.78, 5) is 6.24. The normalized spacial score (nSPS) is 13.9. The molecule has 3 rings (SSSR count). The molecule has 2 N–H and O–H groups in total. The Balaban J connectivity index is 0.00000341. The first kappa shape index (κ1) is 25.0. The van der Waals surface area contributed by atoms with Gasteiger partial charge in [-0.3, -0.25) is 4.99 Å². The Morgan fingerprint density at radius 3 is 2.58 bits per heavy atom. The topological polar surface area (TPSA) is 67.4 Å². The average Bonchev–Trinajstić information content (AvgIpc) is 2.78. The van der Waals surface area contributed by atoms with E-state index in [9.17, 15) is 4.39 Å². The van der Waals surface area contributed by atoms with Gasteiger partial charge in [0.2, 0.25) is 0 Å². The lowest BCUT2D eigenvalue weighted by atomic mass is 10.1. The molecule has 0 spiro atoms. The lowest BCUT2D eigenvalue weighted by Crippen LogP contribution is -2.36. The highest BCUT2D eigenvalue weighted by Gasteiger charge is 2.15. The third-order valence-electron chi connectivity index (χ3n) is 4.77. The maximum atomic E-state index is 14.6. The van der Waals surface area contributed by atoms with Crippen LogP contribution in [0.15, 0.2) is 41.4 Å². The fraction of sp³-hybridized carbons (Fsp3) is 0.409. The van der Waals surface area contributed by atoms with Crippen molar-refractivity contribution in [1.29, 1.82) is 0 Å². The number of nitrogens with one attached hydrogen (secondary N) is 2. The molecule has 2 aromatic carbocycles. The maximum Gasteiger partial charge on any atom is 0.195 e. The van der Waals surface area contributed by atoms with Crippen molar-refractivity contribution in [3.05, 3.63) is 47.8 Å². The van der Waals surface area contributed by atoms with Gasteiger partial charge in [-0.15, -0.1) is 24.0 Å². The Kier molecular flexibility index (Phi) is 10.1. The van der Waals surface area contributed by atoms with E-state index in [1.807, 2.05) is 42.2 Å². The molecule has 0 aliphatic carbocycles. The van der Waals surface area contributed by atoms with Crippen molar-refractivity contribution < 1.29 is 18.6 Å². The van der Waals surface area contributed by atoms with Crippen LogP contribution in [0, 0.1) is 5.82 Å². The van der Waals surface area contributed by atoms with Crippen LogP contribution in [-0.4, -0.2) is 53.0 Å². The summed E-state index contributed by atoms with van der Waals surface area (Å²) in [5.41, 5.74) is 2.25. The van der Waals surface area contributed by atoms with Crippen molar-refractivity contribution >= 4 is 41.3 Å². The highest BCUT2D eigenvalue weighted by Crippen LogP contribution is 2.30. The van der Waals surface area contributed by atoms with Crippen LogP contribution in [0.5, 0.6) is 11.5 Å². The molecule has 7 nitrogen and oxygen atoms in total. The molecule has 1 aliphatic heterocycles. The Labute approximate surface area is 200 Å². The van der Waals surface area contributed by atoms with Crippen molar-refractivity contribution in [2.24, 2.45) is 4.99 Å². The van der Waals surface area contributed by atoms with Crippen LogP contribution in [0.1, 0.15) is 12.5 Å². The molecule has 2 aromatic rings. The summed E-state index contributed by atoms with van der Waals surface area (Å²) in [5.74, 6) is 1.66. The summed E-state index contributed by atoms with van der Waals surface area (Å²) in [6.07, 6.45) is 0.